The molecule has 0 saturated carbocycles. The van der Waals surface area contributed by atoms with Crippen molar-refractivity contribution in [3.8, 4) is 0 Å². The van der Waals surface area contributed by atoms with Crippen LogP contribution in [0, 0.1) is 0 Å². The van der Waals surface area contributed by atoms with E-state index in [0.717, 1.165) is 6.42 Å². The van der Waals surface area contributed by atoms with Crippen molar-refractivity contribution >= 4 is 45.9 Å². The van der Waals surface area contributed by atoms with Crippen molar-refractivity contribution in [3.05, 3.63) is 58.1 Å². The van der Waals surface area contributed by atoms with Crippen molar-refractivity contribution in [1.29, 1.82) is 0 Å². The van der Waals surface area contributed by atoms with Gasteiger partial charge in [0, 0.05) is 12.2 Å². The summed E-state index contributed by atoms with van der Waals surface area (Å²) in [4.78, 5) is 33.8. The van der Waals surface area contributed by atoms with Gasteiger partial charge in [0.1, 0.15) is 0 Å². The average Bonchev–Trinajstić information content (AvgIpc) is 2.68. The molecular formula is C19H19ClN4O2S. The van der Waals surface area contributed by atoms with Gasteiger partial charge in [0.2, 0.25) is 5.91 Å². The number of nitrogens with one attached hydrogen (secondary N) is 1. The van der Waals surface area contributed by atoms with Crippen molar-refractivity contribution in [3.63, 3.8) is 0 Å². The maximum atomic E-state index is 12.9. The van der Waals surface area contributed by atoms with Gasteiger partial charge in [-0.2, -0.15) is 0 Å². The number of carbonyl (C=O) groups is 1. The fourth-order valence-electron chi connectivity index (χ4n) is 2.59. The molecule has 3 rings (SSSR count). The zero-order valence-electron chi connectivity index (χ0n) is 15.0. The van der Waals surface area contributed by atoms with E-state index in [9.17, 15) is 9.59 Å². The topological polar surface area (TPSA) is 76.9 Å². The molecule has 0 unspecified atom stereocenters. The molecule has 3 aromatic rings. The Kier molecular flexibility index (Phi) is 6.13. The molecule has 0 aliphatic rings. The number of aromatic nitrogens is 3. The Morgan fingerprint density at radius 3 is 2.81 bits per heavy atom. The van der Waals surface area contributed by atoms with Crippen LogP contribution in [0.1, 0.15) is 26.3 Å². The molecule has 0 aliphatic heterocycles. The van der Waals surface area contributed by atoms with Crippen molar-refractivity contribution in [1.82, 2.24) is 14.5 Å². The molecule has 0 aliphatic carbocycles. The lowest BCUT2D eigenvalue weighted by molar-refractivity contribution is -0.113. The second-order valence-corrected chi connectivity index (χ2v) is 7.32. The maximum Gasteiger partial charge on any atom is 0.262 e. The summed E-state index contributed by atoms with van der Waals surface area (Å²) in [6, 6.07) is 10.6. The third-order valence-electron chi connectivity index (χ3n) is 4.17. The first-order valence-corrected chi connectivity index (χ1v) is 9.92. The Labute approximate surface area is 166 Å². The van der Waals surface area contributed by atoms with Gasteiger partial charge < -0.3 is 5.32 Å². The molecule has 27 heavy (non-hydrogen) atoms. The molecule has 6 nitrogen and oxygen atoms in total. The predicted octanol–water partition coefficient (Wildman–Crippen LogP) is 4.15. The highest BCUT2D eigenvalue weighted by molar-refractivity contribution is 7.99. The lowest BCUT2D eigenvalue weighted by Crippen LogP contribution is -2.26. The van der Waals surface area contributed by atoms with E-state index in [2.05, 4.69) is 15.3 Å². The molecule has 1 aromatic carbocycles. The van der Waals surface area contributed by atoms with Gasteiger partial charge in [-0.05, 0) is 37.6 Å². The molecule has 0 spiro atoms. The largest absolute Gasteiger partial charge is 0.323 e. The van der Waals surface area contributed by atoms with E-state index < -0.39 is 0 Å². The van der Waals surface area contributed by atoms with Crippen LogP contribution < -0.4 is 10.9 Å². The van der Waals surface area contributed by atoms with Crippen LogP contribution in [0.15, 0.2) is 52.5 Å². The van der Waals surface area contributed by atoms with Gasteiger partial charge in [-0.15, -0.1) is 0 Å². The summed E-state index contributed by atoms with van der Waals surface area (Å²) in [7, 11) is 0. The number of anilines is 1. The standard InChI is InChI=1S/C19H19ClN4O2S/c1-3-12(2)24-18(26)13-7-4-5-8-14(13)23-19(24)27-11-16(25)22-15-9-6-10-21-17(15)20/h4-10,12H,3,11H2,1-2H3,(H,22,25)/t12-/m0/s1. The summed E-state index contributed by atoms with van der Waals surface area (Å²) in [5.41, 5.74) is 0.990. The van der Waals surface area contributed by atoms with Gasteiger partial charge in [-0.1, -0.05) is 42.4 Å². The molecule has 140 valence electrons. The summed E-state index contributed by atoms with van der Waals surface area (Å²) >= 11 is 7.20. The number of nitrogens with zero attached hydrogens (tertiary/aromatic N) is 3. The van der Waals surface area contributed by atoms with Crippen LogP contribution in [0.5, 0.6) is 0 Å². The third kappa shape index (κ3) is 4.31. The number of benzene rings is 1. The van der Waals surface area contributed by atoms with Crippen molar-refractivity contribution in [2.75, 3.05) is 11.1 Å². The number of para-hydroxylation sites is 1. The smallest absolute Gasteiger partial charge is 0.262 e. The number of thioether (sulfide) groups is 1. The van der Waals surface area contributed by atoms with Crippen LogP contribution in [-0.4, -0.2) is 26.2 Å². The van der Waals surface area contributed by atoms with Gasteiger partial charge in [0.15, 0.2) is 10.3 Å². The maximum absolute atomic E-state index is 12.9. The molecule has 1 N–H and O–H groups in total. The number of hydrogen-bond donors (Lipinski definition) is 1. The predicted molar refractivity (Wildman–Crippen MR) is 110 cm³/mol. The zero-order valence-corrected chi connectivity index (χ0v) is 16.5. The highest BCUT2D eigenvalue weighted by atomic mass is 35.5. The molecule has 1 atom stereocenters. The van der Waals surface area contributed by atoms with Crippen LogP contribution in [0.2, 0.25) is 5.15 Å². The van der Waals surface area contributed by atoms with E-state index in [1.165, 1.54) is 11.8 Å². The summed E-state index contributed by atoms with van der Waals surface area (Å²) in [5, 5.41) is 4.06. The summed E-state index contributed by atoms with van der Waals surface area (Å²) < 4.78 is 1.66. The molecule has 0 bridgehead atoms. The van der Waals surface area contributed by atoms with E-state index in [-0.39, 0.29) is 28.4 Å². The molecule has 0 fully saturated rings. The van der Waals surface area contributed by atoms with E-state index >= 15 is 0 Å². The van der Waals surface area contributed by atoms with Gasteiger partial charge in [0.05, 0.1) is 22.3 Å². The molecule has 2 heterocycles. The van der Waals surface area contributed by atoms with Crippen LogP contribution in [0.25, 0.3) is 10.9 Å². The van der Waals surface area contributed by atoms with Crippen molar-refractivity contribution in [2.45, 2.75) is 31.5 Å². The highest BCUT2D eigenvalue weighted by Crippen LogP contribution is 2.23. The SMILES string of the molecule is CC[C@H](C)n1c(SCC(=O)Nc2cccnc2Cl)nc2ccccc2c1=O. The zero-order chi connectivity index (χ0) is 19.4. The third-order valence-corrected chi connectivity index (χ3v) is 5.43. The minimum Gasteiger partial charge on any atom is -0.323 e. The number of rotatable bonds is 6. The number of halogens is 1. The molecule has 2 aromatic heterocycles. The first-order valence-electron chi connectivity index (χ1n) is 8.55. The van der Waals surface area contributed by atoms with Crippen LogP contribution in [0.3, 0.4) is 0 Å². The Morgan fingerprint density at radius 2 is 2.07 bits per heavy atom. The highest BCUT2D eigenvalue weighted by Gasteiger charge is 2.17. The second-order valence-electron chi connectivity index (χ2n) is 6.02. The van der Waals surface area contributed by atoms with E-state index in [0.29, 0.717) is 21.7 Å². The number of hydrogen-bond acceptors (Lipinski definition) is 5. The van der Waals surface area contributed by atoms with Gasteiger partial charge in [-0.3, -0.25) is 14.2 Å². The monoisotopic (exact) mass is 402 g/mol. The number of pyridine rings is 1. The second kappa shape index (κ2) is 8.54. The Balaban J connectivity index is 1.86. The van der Waals surface area contributed by atoms with E-state index in [4.69, 9.17) is 11.6 Å². The van der Waals surface area contributed by atoms with Gasteiger partial charge >= 0.3 is 0 Å². The van der Waals surface area contributed by atoms with Crippen LogP contribution in [0.4, 0.5) is 5.69 Å². The lowest BCUT2D eigenvalue weighted by Gasteiger charge is -2.18. The lowest BCUT2D eigenvalue weighted by atomic mass is 10.2. The minimum absolute atomic E-state index is 0.0204. The molecule has 8 heteroatoms. The van der Waals surface area contributed by atoms with Crippen LogP contribution in [-0.2, 0) is 4.79 Å². The first-order chi connectivity index (χ1) is 13.0. The molecular weight excluding hydrogens is 384 g/mol. The average molecular weight is 403 g/mol. The summed E-state index contributed by atoms with van der Waals surface area (Å²) in [6.45, 7) is 3.98. The quantitative estimate of drug-likeness (QED) is 0.381. The number of carbonyl (C=O) groups excluding carboxylic acids is 1. The molecule has 0 saturated heterocycles. The first kappa shape index (κ1) is 19.4. The number of fused-ring (bicyclic) bond motifs is 1. The fraction of sp³-hybridized carbons (Fsp3) is 0.263. The fourth-order valence-corrected chi connectivity index (χ4v) is 3.66. The van der Waals surface area contributed by atoms with Crippen molar-refractivity contribution < 1.29 is 4.79 Å². The van der Waals surface area contributed by atoms with Gasteiger partial charge in [-0.25, -0.2) is 9.97 Å². The molecule has 0 radical (unpaired) electrons. The Bertz CT molecular complexity index is 1040. The van der Waals surface area contributed by atoms with E-state index in [1.54, 1.807) is 35.0 Å². The van der Waals surface area contributed by atoms with E-state index in [1.807, 2.05) is 26.0 Å². The normalized spacial score (nSPS) is 12.1. The Morgan fingerprint density at radius 1 is 1.30 bits per heavy atom. The number of amides is 1. The Hall–Kier alpha value is -2.38. The summed E-state index contributed by atoms with van der Waals surface area (Å²) in [5.74, 6) is -0.139. The minimum atomic E-state index is -0.243. The van der Waals surface area contributed by atoms with Gasteiger partial charge in [0.25, 0.3) is 5.56 Å². The van der Waals surface area contributed by atoms with Crippen molar-refractivity contribution in [2.24, 2.45) is 0 Å². The molecule has 1 amide bonds. The van der Waals surface area contributed by atoms with Crippen LogP contribution >= 0.6 is 23.4 Å². The summed E-state index contributed by atoms with van der Waals surface area (Å²) in [6.07, 6.45) is 2.33.